The SMILES string of the molecule is Cc1cccc(C(=O)Nc2ccc(S(=O)(=O)Nc3ccccn3)cc2)c1C.O=C(O)C(F)(F)F. The van der Waals surface area contributed by atoms with Gasteiger partial charge in [-0.25, -0.2) is 18.2 Å². The standard InChI is InChI=1S/C20H19N3O3S.C2HF3O2/c1-14-6-5-7-18(15(14)2)20(24)22-16-9-11-17(12-10-16)27(25,26)23-19-8-3-4-13-21-19;3-2(4,5)1(6)7/h3-13H,1-2H3,(H,21,23)(H,22,24);(H,6,7). The minimum absolute atomic E-state index is 0.0814. The lowest BCUT2D eigenvalue weighted by molar-refractivity contribution is -0.192. The Morgan fingerprint density at radius 3 is 2.09 bits per heavy atom. The van der Waals surface area contributed by atoms with E-state index in [4.69, 9.17) is 9.90 Å². The van der Waals surface area contributed by atoms with Crippen LogP contribution in [0, 0.1) is 13.8 Å². The molecule has 3 aromatic rings. The molecule has 0 unspecified atom stereocenters. The minimum atomic E-state index is -5.08. The number of aryl methyl sites for hydroxylation is 1. The fourth-order valence-electron chi connectivity index (χ4n) is 2.53. The Morgan fingerprint density at radius 1 is 0.941 bits per heavy atom. The van der Waals surface area contributed by atoms with Crippen molar-refractivity contribution in [1.29, 1.82) is 0 Å². The van der Waals surface area contributed by atoms with Gasteiger partial charge in [-0.3, -0.25) is 9.52 Å². The van der Waals surface area contributed by atoms with Crippen molar-refractivity contribution in [3.8, 4) is 0 Å². The van der Waals surface area contributed by atoms with Crippen molar-refractivity contribution in [3.63, 3.8) is 0 Å². The average Bonchev–Trinajstić information content (AvgIpc) is 2.76. The number of sulfonamides is 1. The van der Waals surface area contributed by atoms with Crippen molar-refractivity contribution < 1.29 is 36.3 Å². The summed E-state index contributed by atoms with van der Waals surface area (Å²) < 4.78 is 58.9. The molecule has 34 heavy (non-hydrogen) atoms. The molecule has 180 valence electrons. The normalized spacial score (nSPS) is 11.1. The molecule has 12 heteroatoms. The number of aromatic nitrogens is 1. The van der Waals surface area contributed by atoms with Crippen LogP contribution < -0.4 is 10.0 Å². The molecular formula is C22H20F3N3O5S. The molecule has 0 spiro atoms. The lowest BCUT2D eigenvalue weighted by Crippen LogP contribution is -2.21. The first-order valence-corrected chi connectivity index (χ1v) is 11.0. The van der Waals surface area contributed by atoms with Crippen LogP contribution in [0.4, 0.5) is 24.7 Å². The zero-order valence-electron chi connectivity index (χ0n) is 17.9. The van der Waals surface area contributed by atoms with Gasteiger partial charge in [0.15, 0.2) is 0 Å². The zero-order valence-corrected chi connectivity index (χ0v) is 18.7. The molecule has 1 amide bonds. The second kappa shape index (κ2) is 10.8. The van der Waals surface area contributed by atoms with Crippen LogP contribution in [0.25, 0.3) is 0 Å². The van der Waals surface area contributed by atoms with Crippen LogP contribution in [0.2, 0.25) is 0 Å². The number of nitrogens with one attached hydrogen (secondary N) is 2. The molecule has 0 atom stereocenters. The minimum Gasteiger partial charge on any atom is -0.475 e. The summed E-state index contributed by atoms with van der Waals surface area (Å²) in [6.45, 7) is 3.84. The van der Waals surface area contributed by atoms with Crippen LogP contribution >= 0.6 is 0 Å². The van der Waals surface area contributed by atoms with Crippen LogP contribution in [-0.2, 0) is 14.8 Å². The van der Waals surface area contributed by atoms with Gasteiger partial charge in [0.25, 0.3) is 15.9 Å². The molecule has 0 saturated heterocycles. The van der Waals surface area contributed by atoms with Crippen LogP contribution in [0.5, 0.6) is 0 Å². The first-order chi connectivity index (χ1) is 15.8. The molecule has 0 aliphatic rings. The number of rotatable bonds is 5. The number of amides is 1. The number of nitrogens with zero attached hydrogens (tertiary/aromatic N) is 1. The van der Waals surface area contributed by atoms with E-state index in [-0.39, 0.29) is 16.6 Å². The zero-order chi connectivity index (χ0) is 25.5. The summed E-state index contributed by atoms with van der Waals surface area (Å²) >= 11 is 0. The summed E-state index contributed by atoms with van der Waals surface area (Å²) in [5.74, 6) is -2.75. The molecule has 8 nitrogen and oxygen atoms in total. The number of carboxylic acid groups (broad SMARTS) is 1. The Labute approximate surface area is 193 Å². The number of carbonyl (C=O) groups is 2. The van der Waals surface area contributed by atoms with Gasteiger partial charge < -0.3 is 10.4 Å². The highest BCUT2D eigenvalue weighted by Crippen LogP contribution is 2.19. The highest BCUT2D eigenvalue weighted by Gasteiger charge is 2.38. The molecular weight excluding hydrogens is 475 g/mol. The van der Waals surface area contributed by atoms with Gasteiger partial charge in [0, 0.05) is 17.4 Å². The van der Waals surface area contributed by atoms with Gasteiger partial charge in [-0.05, 0) is 67.4 Å². The molecule has 1 aromatic heterocycles. The summed E-state index contributed by atoms with van der Waals surface area (Å²) in [6, 6.07) is 16.5. The number of carboxylic acids is 1. The molecule has 3 rings (SSSR count). The molecule has 0 aliphatic carbocycles. The highest BCUT2D eigenvalue weighted by molar-refractivity contribution is 7.92. The second-order valence-corrected chi connectivity index (χ2v) is 8.53. The highest BCUT2D eigenvalue weighted by atomic mass is 32.2. The van der Waals surface area contributed by atoms with E-state index < -0.39 is 22.2 Å². The Bertz CT molecular complexity index is 1260. The van der Waals surface area contributed by atoms with Gasteiger partial charge in [-0.1, -0.05) is 18.2 Å². The van der Waals surface area contributed by atoms with E-state index in [0.717, 1.165) is 11.1 Å². The number of aliphatic carboxylic acids is 1. The lowest BCUT2D eigenvalue weighted by atomic mass is 10.0. The van der Waals surface area contributed by atoms with Crippen LogP contribution in [0.1, 0.15) is 21.5 Å². The summed E-state index contributed by atoms with van der Waals surface area (Å²) in [4.78, 5) is 25.4. The number of benzene rings is 2. The van der Waals surface area contributed by atoms with Crippen molar-refractivity contribution in [2.24, 2.45) is 0 Å². The van der Waals surface area contributed by atoms with Gasteiger partial charge in [-0.15, -0.1) is 0 Å². The molecule has 0 aliphatic heterocycles. The Balaban J connectivity index is 0.000000509. The lowest BCUT2D eigenvalue weighted by Gasteiger charge is -2.11. The van der Waals surface area contributed by atoms with E-state index in [0.29, 0.717) is 11.3 Å². The van der Waals surface area contributed by atoms with Gasteiger partial charge in [0.2, 0.25) is 0 Å². The van der Waals surface area contributed by atoms with E-state index in [1.54, 1.807) is 36.4 Å². The largest absolute Gasteiger partial charge is 0.490 e. The average molecular weight is 495 g/mol. The molecule has 0 radical (unpaired) electrons. The number of hydrogen-bond donors (Lipinski definition) is 3. The number of carbonyl (C=O) groups excluding carboxylic acids is 1. The van der Waals surface area contributed by atoms with Crippen molar-refractivity contribution in [2.45, 2.75) is 24.9 Å². The molecule has 3 N–H and O–H groups in total. The van der Waals surface area contributed by atoms with Gasteiger partial charge in [0.1, 0.15) is 5.82 Å². The number of anilines is 2. The molecule has 0 saturated carbocycles. The van der Waals surface area contributed by atoms with E-state index in [1.165, 1.54) is 18.3 Å². The van der Waals surface area contributed by atoms with Gasteiger partial charge in [-0.2, -0.15) is 13.2 Å². The van der Waals surface area contributed by atoms with Crippen LogP contribution in [0.3, 0.4) is 0 Å². The maximum atomic E-state index is 12.5. The fourth-order valence-corrected chi connectivity index (χ4v) is 3.54. The van der Waals surface area contributed by atoms with E-state index >= 15 is 0 Å². The molecule has 0 bridgehead atoms. The Kier molecular flexibility index (Phi) is 8.36. The van der Waals surface area contributed by atoms with E-state index in [1.807, 2.05) is 26.0 Å². The first kappa shape index (κ1) is 26.3. The quantitative estimate of drug-likeness (QED) is 0.482. The Morgan fingerprint density at radius 2 is 1.56 bits per heavy atom. The topological polar surface area (TPSA) is 125 Å². The summed E-state index contributed by atoms with van der Waals surface area (Å²) in [5, 5.41) is 9.91. The third-order valence-corrected chi connectivity index (χ3v) is 5.79. The maximum absolute atomic E-state index is 12.5. The van der Waals surface area contributed by atoms with Crippen molar-refractivity contribution in [3.05, 3.63) is 83.6 Å². The number of alkyl halides is 3. The second-order valence-electron chi connectivity index (χ2n) is 6.85. The molecule has 1 heterocycles. The smallest absolute Gasteiger partial charge is 0.475 e. The van der Waals surface area contributed by atoms with Gasteiger partial charge in [0.05, 0.1) is 4.90 Å². The van der Waals surface area contributed by atoms with Crippen LogP contribution in [-0.4, -0.2) is 36.6 Å². The van der Waals surface area contributed by atoms with Crippen molar-refractivity contribution in [2.75, 3.05) is 10.0 Å². The molecule has 0 fully saturated rings. The monoisotopic (exact) mass is 495 g/mol. The fraction of sp³-hybridized carbons (Fsp3) is 0.136. The number of halogens is 3. The summed E-state index contributed by atoms with van der Waals surface area (Å²) in [7, 11) is -3.75. The maximum Gasteiger partial charge on any atom is 0.490 e. The third-order valence-electron chi connectivity index (χ3n) is 4.42. The third kappa shape index (κ3) is 7.30. The number of hydrogen-bond acceptors (Lipinski definition) is 5. The van der Waals surface area contributed by atoms with E-state index in [2.05, 4.69) is 15.0 Å². The van der Waals surface area contributed by atoms with Crippen molar-refractivity contribution in [1.82, 2.24) is 4.98 Å². The predicted octanol–water partition coefficient (Wildman–Crippen LogP) is 4.38. The summed E-state index contributed by atoms with van der Waals surface area (Å²) in [5.41, 5.74) is 3.04. The molecule has 2 aromatic carbocycles. The van der Waals surface area contributed by atoms with Crippen molar-refractivity contribution >= 4 is 33.4 Å². The number of pyridine rings is 1. The summed E-state index contributed by atoms with van der Waals surface area (Å²) in [6.07, 6.45) is -3.58. The van der Waals surface area contributed by atoms with E-state index in [9.17, 15) is 26.4 Å². The Hall–Kier alpha value is -3.93. The first-order valence-electron chi connectivity index (χ1n) is 9.53. The van der Waals surface area contributed by atoms with Crippen LogP contribution in [0.15, 0.2) is 71.8 Å². The van der Waals surface area contributed by atoms with Gasteiger partial charge >= 0.3 is 12.1 Å². The predicted molar refractivity (Wildman–Crippen MR) is 119 cm³/mol.